The van der Waals surface area contributed by atoms with Crippen LogP contribution in [0.2, 0.25) is 0 Å². The van der Waals surface area contributed by atoms with Gasteiger partial charge in [-0.2, -0.15) is 0 Å². The molecule has 0 radical (unpaired) electrons. The van der Waals surface area contributed by atoms with Gasteiger partial charge in [0, 0.05) is 37.1 Å². The third-order valence-corrected chi connectivity index (χ3v) is 8.48. The highest BCUT2D eigenvalue weighted by molar-refractivity contribution is 5.67. The van der Waals surface area contributed by atoms with Crippen LogP contribution < -0.4 is 32.3 Å². The molecule has 3 atom stereocenters. The van der Waals surface area contributed by atoms with E-state index in [4.69, 9.17) is 27.2 Å². The van der Waals surface area contributed by atoms with Gasteiger partial charge in [0.15, 0.2) is 5.82 Å². The van der Waals surface area contributed by atoms with E-state index in [1.807, 2.05) is 25.4 Å². The molecule has 3 unspecified atom stereocenters. The molecule has 7 N–H and O–H groups in total. The van der Waals surface area contributed by atoms with Gasteiger partial charge in [-0.3, -0.25) is 5.32 Å². The molecule has 33 heavy (non-hydrogen) atoms. The van der Waals surface area contributed by atoms with Crippen LogP contribution in [0.3, 0.4) is 0 Å². The van der Waals surface area contributed by atoms with Crippen LogP contribution in [0.5, 0.6) is 0 Å². The summed E-state index contributed by atoms with van der Waals surface area (Å²) in [6, 6.07) is 6.43. The molecule has 5 rings (SSSR count). The molecule has 3 heterocycles. The molecule has 1 aromatic carbocycles. The average Bonchev–Trinajstić information content (AvgIpc) is 3.10. The van der Waals surface area contributed by atoms with E-state index in [0.29, 0.717) is 23.2 Å². The standard InChI is InChI=1S/C25H38N8/c1-16-8-9-25(22(16)27)10-13-32(14-11-25)20-15-30-21(23(28)31-20)24(29-2)33-12-4-5-17-18(26)6-3-7-19(17)33/h3,6-7,15-16,22,24,29H,4-5,8-14,26-27H2,1-2H3,(H2,28,31). The smallest absolute Gasteiger partial charge is 0.151 e. The molecule has 0 bridgehead atoms. The van der Waals surface area contributed by atoms with Crippen LogP contribution in [0.1, 0.15) is 56.5 Å². The Balaban J connectivity index is 1.35. The normalized spacial score (nSPS) is 25.3. The first-order chi connectivity index (χ1) is 15.9. The quantitative estimate of drug-likeness (QED) is 0.525. The predicted molar refractivity (Wildman–Crippen MR) is 135 cm³/mol. The van der Waals surface area contributed by atoms with Crippen molar-refractivity contribution in [1.82, 2.24) is 15.3 Å². The Morgan fingerprint density at radius 2 is 1.94 bits per heavy atom. The first-order valence-corrected chi connectivity index (χ1v) is 12.4. The van der Waals surface area contributed by atoms with Crippen molar-refractivity contribution in [2.75, 3.05) is 47.9 Å². The lowest BCUT2D eigenvalue weighted by Crippen LogP contribution is -2.48. The van der Waals surface area contributed by atoms with Crippen molar-refractivity contribution < 1.29 is 0 Å². The number of nitrogen functional groups attached to an aromatic ring is 2. The number of nitrogens with zero attached hydrogens (tertiary/aromatic N) is 4. The van der Waals surface area contributed by atoms with Crippen LogP contribution in [0.4, 0.5) is 23.0 Å². The molecule has 8 nitrogen and oxygen atoms in total. The lowest BCUT2D eigenvalue weighted by atomic mass is 9.73. The molecule has 1 saturated carbocycles. The zero-order valence-corrected chi connectivity index (χ0v) is 19.9. The Labute approximate surface area is 196 Å². The maximum absolute atomic E-state index is 6.59. The lowest BCUT2D eigenvalue weighted by Gasteiger charge is -2.43. The van der Waals surface area contributed by atoms with Gasteiger partial charge in [-0.1, -0.05) is 13.0 Å². The van der Waals surface area contributed by atoms with Gasteiger partial charge < -0.3 is 27.0 Å². The van der Waals surface area contributed by atoms with Gasteiger partial charge >= 0.3 is 0 Å². The number of rotatable bonds is 4. The monoisotopic (exact) mass is 450 g/mol. The molecule has 3 aliphatic rings. The minimum absolute atomic E-state index is 0.157. The zero-order chi connectivity index (χ0) is 23.2. The Morgan fingerprint density at radius 3 is 2.61 bits per heavy atom. The Bertz CT molecular complexity index is 1000. The molecule has 1 spiro atoms. The van der Waals surface area contributed by atoms with Crippen LogP contribution in [0.15, 0.2) is 24.4 Å². The van der Waals surface area contributed by atoms with E-state index in [1.165, 1.54) is 18.4 Å². The lowest BCUT2D eigenvalue weighted by molar-refractivity contribution is 0.186. The van der Waals surface area contributed by atoms with E-state index >= 15 is 0 Å². The van der Waals surface area contributed by atoms with E-state index in [1.54, 1.807) is 0 Å². The van der Waals surface area contributed by atoms with Crippen molar-refractivity contribution in [2.45, 2.75) is 57.7 Å². The van der Waals surface area contributed by atoms with Crippen molar-refractivity contribution in [3.63, 3.8) is 0 Å². The fourth-order valence-electron chi connectivity index (χ4n) is 6.38. The Kier molecular flexibility index (Phi) is 5.82. The van der Waals surface area contributed by atoms with Gasteiger partial charge in [-0.05, 0) is 74.6 Å². The summed E-state index contributed by atoms with van der Waals surface area (Å²) < 4.78 is 0. The zero-order valence-electron chi connectivity index (χ0n) is 19.9. The number of hydrogen-bond donors (Lipinski definition) is 4. The Morgan fingerprint density at radius 1 is 1.15 bits per heavy atom. The van der Waals surface area contributed by atoms with Crippen molar-refractivity contribution in [3.05, 3.63) is 35.7 Å². The summed E-state index contributed by atoms with van der Waals surface area (Å²) in [5, 5.41) is 3.41. The van der Waals surface area contributed by atoms with E-state index in [-0.39, 0.29) is 6.17 Å². The molecule has 8 heteroatoms. The molecular formula is C25H38N8. The van der Waals surface area contributed by atoms with Crippen molar-refractivity contribution in [1.29, 1.82) is 0 Å². The summed E-state index contributed by atoms with van der Waals surface area (Å²) in [5.74, 6) is 1.97. The molecule has 1 saturated heterocycles. The van der Waals surface area contributed by atoms with E-state index in [2.05, 4.69) is 28.1 Å². The largest absolute Gasteiger partial charge is 0.398 e. The fraction of sp³-hybridized carbons (Fsp3) is 0.600. The summed E-state index contributed by atoms with van der Waals surface area (Å²) in [5.41, 5.74) is 23.6. The van der Waals surface area contributed by atoms with Gasteiger partial charge in [0.2, 0.25) is 0 Å². The maximum atomic E-state index is 6.59. The summed E-state index contributed by atoms with van der Waals surface area (Å²) in [6.45, 7) is 5.13. The highest BCUT2D eigenvalue weighted by Gasteiger charge is 2.46. The van der Waals surface area contributed by atoms with Gasteiger partial charge in [0.1, 0.15) is 17.7 Å². The number of anilines is 4. The number of hydrogen-bond acceptors (Lipinski definition) is 8. The minimum atomic E-state index is -0.157. The summed E-state index contributed by atoms with van der Waals surface area (Å²) >= 11 is 0. The third kappa shape index (κ3) is 3.79. The summed E-state index contributed by atoms with van der Waals surface area (Å²) in [4.78, 5) is 14.3. The minimum Gasteiger partial charge on any atom is -0.398 e. The molecule has 1 aliphatic carbocycles. The SMILES string of the molecule is CNC(c1ncc(N2CCC3(CCC(C)C3N)CC2)nc1N)N1CCCc2c(N)cccc21. The van der Waals surface area contributed by atoms with Crippen molar-refractivity contribution >= 4 is 23.0 Å². The highest BCUT2D eigenvalue weighted by Crippen LogP contribution is 2.48. The molecule has 2 aromatic rings. The number of nitrogens with one attached hydrogen (secondary N) is 1. The fourth-order valence-corrected chi connectivity index (χ4v) is 6.38. The number of benzene rings is 1. The van der Waals surface area contributed by atoms with E-state index in [9.17, 15) is 0 Å². The molecule has 178 valence electrons. The molecule has 2 fully saturated rings. The molecular weight excluding hydrogens is 412 g/mol. The van der Waals surface area contributed by atoms with Gasteiger partial charge in [0.25, 0.3) is 0 Å². The van der Waals surface area contributed by atoms with Crippen molar-refractivity contribution in [2.24, 2.45) is 17.1 Å². The van der Waals surface area contributed by atoms with Crippen molar-refractivity contribution in [3.8, 4) is 0 Å². The van der Waals surface area contributed by atoms with Crippen LogP contribution in [0, 0.1) is 11.3 Å². The first kappa shape index (κ1) is 22.2. The maximum Gasteiger partial charge on any atom is 0.151 e. The second-order valence-electron chi connectivity index (χ2n) is 10.2. The summed E-state index contributed by atoms with van der Waals surface area (Å²) in [7, 11) is 1.94. The Hall–Kier alpha value is -2.58. The number of fused-ring (bicyclic) bond motifs is 1. The van der Waals surface area contributed by atoms with Crippen LogP contribution in [0.25, 0.3) is 0 Å². The van der Waals surface area contributed by atoms with Crippen LogP contribution in [-0.2, 0) is 6.42 Å². The number of nitrogens with two attached hydrogens (primary N) is 3. The number of piperidine rings is 1. The molecule has 2 aliphatic heterocycles. The second-order valence-corrected chi connectivity index (χ2v) is 10.2. The second kappa shape index (κ2) is 8.65. The average molecular weight is 451 g/mol. The van der Waals surface area contributed by atoms with E-state index in [0.717, 1.165) is 68.2 Å². The predicted octanol–water partition coefficient (Wildman–Crippen LogP) is 2.66. The molecule has 1 aromatic heterocycles. The number of aromatic nitrogens is 2. The third-order valence-electron chi connectivity index (χ3n) is 8.48. The molecule has 0 amide bonds. The van der Waals surface area contributed by atoms with Crippen LogP contribution >= 0.6 is 0 Å². The first-order valence-electron chi connectivity index (χ1n) is 12.4. The van der Waals surface area contributed by atoms with Gasteiger partial charge in [-0.25, -0.2) is 9.97 Å². The van der Waals surface area contributed by atoms with Gasteiger partial charge in [-0.15, -0.1) is 0 Å². The summed E-state index contributed by atoms with van der Waals surface area (Å²) in [6.07, 6.45) is 8.50. The van der Waals surface area contributed by atoms with Gasteiger partial charge in [0.05, 0.1) is 6.20 Å². The highest BCUT2D eigenvalue weighted by atomic mass is 15.3. The topological polar surface area (TPSA) is 122 Å². The van der Waals surface area contributed by atoms with Crippen LogP contribution in [-0.4, -0.2) is 42.7 Å². The van der Waals surface area contributed by atoms with E-state index < -0.39 is 0 Å².